The van der Waals surface area contributed by atoms with Crippen molar-refractivity contribution in [2.75, 3.05) is 23.7 Å². The average molecular weight is 530 g/mol. The number of nitrogens with zero attached hydrogens (tertiary/aromatic N) is 2. The number of carbonyl (C=O) groups is 2. The lowest BCUT2D eigenvalue weighted by Gasteiger charge is -2.33. The van der Waals surface area contributed by atoms with E-state index in [9.17, 15) is 26.8 Å². The van der Waals surface area contributed by atoms with E-state index in [0.29, 0.717) is 10.8 Å². The normalized spacial score (nSPS) is 12.0. The molecule has 3 rings (SSSR count). The fourth-order valence-electron chi connectivity index (χ4n) is 3.88. The van der Waals surface area contributed by atoms with Gasteiger partial charge in [-0.25, -0.2) is 17.2 Å². The summed E-state index contributed by atoms with van der Waals surface area (Å²) in [5, 5.41) is 2.76. The van der Waals surface area contributed by atoms with Crippen LogP contribution in [0.1, 0.15) is 18.1 Å². The number of likely N-dealkylation sites (N-methyl/N-ethyl adjacent to an activating group) is 1. The average Bonchev–Trinajstić information content (AvgIpc) is 2.87. The Balaban J connectivity index is 2.03. The number of halogens is 2. The van der Waals surface area contributed by atoms with E-state index in [1.807, 2.05) is 36.4 Å². The quantitative estimate of drug-likeness (QED) is 0.412. The largest absolute Gasteiger partial charge is 0.355 e. The van der Waals surface area contributed by atoms with Gasteiger partial charge in [-0.2, -0.15) is 0 Å². The van der Waals surface area contributed by atoms with Crippen molar-refractivity contribution in [3.05, 3.63) is 102 Å². The van der Waals surface area contributed by atoms with E-state index in [1.165, 1.54) is 4.90 Å². The summed E-state index contributed by atoms with van der Waals surface area (Å²) >= 11 is 0. The number of hydrogen-bond acceptors (Lipinski definition) is 4. The van der Waals surface area contributed by atoms with Crippen molar-refractivity contribution in [2.24, 2.45) is 0 Å². The van der Waals surface area contributed by atoms with Crippen LogP contribution in [0.4, 0.5) is 14.5 Å². The summed E-state index contributed by atoms with van der Waals surface area (Å²) in [5.41, 5.74) is 1.34. The van der Waals surface area contributed by atoms with Gasteiger partial charge in [-0.05, 0) is 30.2 Å². The predicted molar refractivity (Wildman–Crippen MR) is 138 cm³/mol. The minimum absolute atomic E-state index is 0.0314. The lowest BCUT2D eigenvalue weighted by molar-refractivity contribution is -0.140. The molecule has 0 spiro atoms. The summed E-state index contributed by atoms with van der Waals surface area (Å²) < 4.78 is 53.3. The third-order valence-electron chi connectivity index (χ3n) is 5.69. The van der Waals surface area contributed by atoms with E-state index in [0.717, 1.165) is 35.6 Å². The number of hydrogen-bond donors (Lipinski definition) is 1. The van der Waals surface area contributed by atoms with Crippen molar-refractivity contribution >= 4 is 27.5 Å². The topological polar surface area (TPSA) is 86.8 Å². The van der Waals surface area contributed by atoms with E-state index in [1.54, 1.807) is 31.2 Å². The van der Waals surface area contributed by atoms with Gasteiger partial charge in [0.05, 0.1) is 11.9 Å². The molecule has 1 atom stereocenters. The molecule has 10 heteroatoms. The number of rotatable bonds is 11. The second kappa shape index (κ2) is 12.4. The molecular weight excluding hydrogens is 500 g/mol. The molecule has 0 aromatic heterocycles. The van der Waals surface area contributed by atoms with Gasteiger partial charge in [-0.15, -0.1) is 0 Å². The van der Waals surface area contributed by atoms with Gasteiger partial charge in [0, 0.05) is 25.6 Å². The fourth-order valence-corrected chi connectivity index (χ4v) is 4.72. The van der Waals surface area contributed by atoms with Gasteiger partial charge in [0.1, 0.15) is 12.6 Å². The first-order valence-corrected chi connectivity index (χ1v) is 13.5. The predicted octanol–water partition coefficient (Wildman–Crippen LogP) is 3.51. The SMILES string of the molecule is CCNC(=O)[C@H](Cc1ccccc1)N(Cc1ccccc1)C(=O)CN(c1ccc(F)c(F)c1)S(C)(=O)=O. The summed E-state index contributed by atoms with van der Waals surface area (Å²) in [6, 6.07) is 19.8. The van der Waals surface area contributed by atoms with Crippen molar-refractivity contribution in [1.29, 1.82) is 0 Å². The van der Waals surface area contributed by atoms with E-state index >= 15 is 0 Å². The molecule has 0 saturated carbocycles. The molecule has 0 unspecified atom stereocenters. The van der Waals surface area contributed by atoms with E-state index in [2.05, 4.69) is 5.32 Å². The highest BCUT2D eigenvalue weighted by Gasteiger charge is 2.33. The Kier molecular flexibility index (Phi) is 9.35. The van der Waals surface area contributed by atoms with Gasteiger partial charge in [0.25, 0.3) is 0 Å². The molecule has 37 heavy (non-hydrogen) atoms. The third kappa shape index (κ3) is 7.60. The molecule has 2 amide bonds. The molecular formula is C27H29F2N3O4S. The summed E-state index contributed by atoms with van der Waals surface area (Å²) in [6.45, 7) is 1.42. The van der Waals surface area contributed by atoms with Crippen LogP contribution in [0.2, 0.25) is 0 Å². The maximum Gasteiger partial charge on any atom is 0.244 e. The molecule has 7 nitrogen and oxygen atoms in total. The molecule has 3 aromatic rings. The molecule has 0 saturated heterocycles. The molecule has 196 valence electrons. The van der Waals surface area contributed by atoms with Crippen LogP contribution in [0.3, 0.4) is 0 Å². The standard InChI is InChI=1S/C27H29F2N3O4S/c1-3-30-27(34)25(16-20-10-6-4-7-11-20)31(18-21-12-8-5-9-13-21)26(33)19-32(37(2,35)36)22-14-15-23(28)24(29)17-22/h4-15,17,25H,3,16,18-19H2,1-2H3,(H,30,34)/t25-/m0/s1. The zero-order chi connectivity index (χ0) is 27.0. The second-order valence-corrected chi connectivity index (χ2v) is 10.4. The number of benzene rings is 3. The van der Waals surface area contributed by atoms with Gasteiger partial charge >= 0.3 is 0 Å². The van der Waals surface area contributed by atoms with Crippen LogP contribution in [0.5, 0.6) is 0 Å². The van der Waals surface area contributed by atoms with Crippen LogP contribution in [0.15, 0.2) is 78.9 Å². The van der Waals surface area contributed by atoms with E-state index in [-0.39, 0.29) is 18.7 Å². The van der Waals surface area contributed by atoms with Gasteiger partial charge in [-0.3, -0.25) is 13.9 Å². The Morgan fingerprint density at radius 1 is 0.892 bits per heavy atom. The number of nitrogens with one attached hydrogen (secondary N) is 1. The van der Waals surface area contributed by atoms with E-state index < -0.39 is 46.1 Å². The molecule has 0 radical (unpaired) electrons. The second-order valence-electron chi connectivity index (χ2n) is 8.48. The first-order valence-electron chi connectivity index (χ1n) is 11.7. The molecule has 0 aliphatic rings. The maximum atomic E-state index is 13.9. The zero-order valence-corrected chi connectivity index (χ0v) is 21.4. The Labute approximate surface area is 215 Å². The third-order valence-corrected chi connectivity index (χ3v) is 6.83. The first kappa shape index (κ1) is 27.8. The summed E-state index contributed by atoms with van der Waals surface area (Å²) in [7, 11) is -4.07. The van der Waals surface area contributed by atoms with Crippen LogP contribution in [0, 0.1) is 11.6 Å². The molecule has 0 aliphatic heterocycles. The zero-order valence-electron chi connectivity index (χ0n) is 20.6. The number of sulfonamides is 1. The number of carbonyl (C=O) groups excluding carboxylic acids is 2. The Morgan fingerprint density at radius 3 is 2.03 bits per heavy atom. The highest BCUT2D eigenvalue weighted by Crippen LogP contribution is 2.22. The lowest BCUT2D eigenvalue weighted by atomic mass is 10.0. The van der Waals surface area contributed by atoms with Crippen LogP contribution in [-0.2, 0) is 32.6 Å². The van der Waals surface area contributed by atoms with E-state index in [4.69, 9.17) is 0 Å². The summed E-state index contributed by atoms with van der Waals surface area (Å²) in [5.74, 6) is -3.46. The van der Waals surface area contributed by atoms with Crippen LogP contribution in [-0.4, -0.2) is 50.5 Å². The van der Waals surface area contributed by atoms with Gasteiger partial charge in [-0.1, -0.05) is 60.7 Å². The van der Waals surface area contributed by atoms with Gasteiger partial charge in [0.15, 0.2) is 11.6 Å². The van der Waals surface area contributed by atoms with Crippen molar-refractivity contribution in [3.63, 3.8) is 0 Å². The Hall–Kier alpha value is -3.79. The molecule has 0 fully saturated rings. The minimum Gasteiger partial charge on any atom is -0.355 e. The summed E-state index contributed by atoms with van der Waals surface area (Å²) in [6.07, 6.45) is 1.06. The highest BCUT2D eigenvalue weighted by atomic mass is 32.2. The molecule has 0 heterocycles. The van der Waals surface area contributed by atoms with Crippen LogP contribution < -0.4 is 9.62 Å². The molecule has 3 aromatic carbocycles. The van der Waals surface area contributed by atoms with Crippen molar-refractivity contribution < 1.29 is 26.8 Å². The Bertz CT molecular complexity index is 1320. The fraction of sp³-hybridized carbons (Fsp3) is 0.259. The monoisotopic (exact) mass is 529 g/mol. The minimum atomic E-state index is -4.07. The first-order chi connectivity index (χ1) is 17.6. The van der Waals surface area contributed by atoms with Crippen LogP contribution >= 0.6 is 0 Å². The van der Waals surface area contributed by atoms with Crippen molar-refractivity contribution in [3.8, 4) is 0 Å². The van der Waals surface area contributed by atoms with Gasteiger partial charge < -0.3 is 10.2 Å². The van der Waals surface area contributed by atoms with Crippen molar-refractivity contribution in [1.82, 2.24) is 10.2 Å². The maximum absolute atomic E-state index is 13.9. The molecule has 0 aliphatic carbocycles. The highest BCUT2D eigenvalue weighted by molar-refractivity contribution is 7.92. The summed E-state index contributed by atoms with van der Waals surface area (Å²) in [4.78, 5) is 28.3. The Morgan fingerprint density at radius 2 is 1.49 bits per heavy atom. The lowest BCUT2D eigenvalue weighted by Crippen LogP contribution is -2.53. The molecule has 0 bridgehead atoms. The molecule has 1 N–H and O–H groups in total. The smallest absolute Gasteiger partial charge is 0.244 e. The van der Waals surface area contributed by atoms with Gasteiger partial charge in [0.2, 0.25) is 21.8 Å². The van der Waals surface area contributed by atoms with Crippen LogP contribution in [0.25, 0.3) is 0 Å². The number of amides is 2. The number of anilines is 1. The van der Waals surface area contributed by atoms with Crippen molar-refractivity contribution in [2.45, 2.75) is 25.9 Å².